The summed E-state index contributed by atoms with van der Waals surface area (Å²) in [6.07, 6.45) is -2.25. The quantitative estimate of drug-likeness (QED) is 0.656. The number of nitrogens with one attached hydrogen (secondary N) is 1. The number of carbonyl (C=O) groups is 1. The van der Waals surface area contributed by atoms with Crippen molar-refractivity contribution >= 4 is 29.7 Å². The maximum absolute atomic E-state index is 12.7. The third-order valence-corrected chi connectivity index (χ3v) is 3.83. The second-order valence-corrected chi connectivity index (χ2v) is 5.99. The van der Waals surface area contributed by atoms with Gasteiger partial charge in [0, 0.05) is 10.6 Å². The second-order valence-electron chi connectivity index (χ2n) is 5.55. The summed E-state index contributed by atoms with van der Waals surface area (Å²) >= 11 is 5.90. The molecule has 0 atom stereocenters. The van der Waals surface area contributed by atoms with Crippen LogP contribution in [0.1, 0.15) is 27.5 Å². The van der Waals surface area contributed by atoms with Crippen molar-refractivity contribution in [3.8, 4) is 11.3 Å². The third-order valence-electron chi connectivity index (χ3n) is 3.59. The summed E-state index contributed by atoms with van der Waals surface area (Å²) in [6.45, 7) is 0. The second kappa shape index (κ2) is 7.35. The largest absolute Gasteiger partial charge is 0.478 e. The first-order valence-corrected chi connectivity index (χ1v) is 8.01. The standard InChI is InChI=1S/C18H10ClF3N2O4/c19-9-1-5-12(16(25)26)13(7-9)14-6-4-11(28-14)3-2-10-8-15(18(20,21)22)24-17(27)23-10/h1-8H,(H,25,26)(H,23,24,27). The summed E-state index contributed by atoms with van der Waals surface area (Å²) in [6, 6.07) is 7.83. The Bertz CT molecular complexity index is 1130. The van der Waals surface area contributed by atoms with Crippen molar-refractivity contribution in [3.05, 3.63) is 74.6 Å². The number of furan rings is 1. The van der Waals surface area contributed by atoms with Crippen LogP contribution < -0.4 is 5.69 Å². The predicted octanol–water partition coefficient (Wildman–Crippen LogP) is 4.57. The van der Waals surface area contributed by atoms with Crippen LogP contribution in [-0.4, -0.2) is 21.0 Å². The van der Waals surface area contributed by atoms with Crippen molar-refractivity contribution in [2.75, 3.05) is 0 Å². The van der Waals surface area contributed by atoms with Crippen LogP contribution in [-0.2, 0) is 6.18 Å². The highest BCUT2D eigenvalue weighted by Gasteiger charge is 2.32. The van der Waals surface area contributed by atoms with Crippen LogP contribution >= 0.6 is 11.6 Å². The van der Waals surface area contributed by atoms with Gasteiger partial charge >= 0.3 is 17.8 Å². The fourth-order valence-electron chi connectivity index (χ4n) is 2.38. The lowest BCUT2D eigenvalue weighted by atomic mass is 10.1. The number of rotatable bonds is 4. The number of halogens is 4. The maximum Gasteiger partial charge on any atom is 0.431 e. The number of aromatic carboxylic acids is 1. The lowest BCUT2D eigenvalue weighted by Crippen LogP contribution is -2.19. The molecule has 0 saturated heterocycles. The molecule has 0 unspecified atom stereocenters. The van der Waals surface area contributed by atoms with E-state index in [0.29, 0.717) is 11.1 Å². The van der Waals surface area contributed by atoms with Gasteiger partial charge in [-0.1, -0.05) is 11.6 Å². The van der Waals surface area contributed by atoms with E-state index in [9.17, 15) is 27.9 Å². The zero-order valence-corrected chi connectivity index (χ0v) is 14.5. The SMILES string of the molecule is O=C(O)c1ccc(Cl)cc1-c1ccc(C=Cc2cc(C(F)(F)F)[nH]c(=O)n2)o1. The molecule has 0 aliphatic heterocycles. The van der Waals surface area contributed by atoms with Crippen molar-refractivity contribution in [3.63, 3.8) is 0 Å². The number of nitrogens with zero attached hydrogens (tertiary/aromatic N) is 1. The van der Waals surface area contributed by atoms with E-state index >= 15 is 0 Å². The lowest BCUT2D eigenvalue weighted by Gasteiger charge is -2.05. The topological polar surface area (TPSA) is 96.2 Å². The van der Waals surface area contributed by atoms with Crippen molar-refractivity contribution in [1.82, 2.24) is 9.97 Å². The molecule has 6 nitrogen and oxygen atoms in total. The monoisotopic (exact) mass is 410 g/mol. The van der Waals surface area contributed by atoms with Gasteiger partial charge in [0.1, 0.15) is 17.2 Å². The van der Waals surface area contributed by atoms with Crippen LogP contribution in [0.4, 0.5) is 13.2 Å². The molecule has 2 heterocycles. The minimum absolute atomic E-state index is 0.0274. The van der Waals surface area contributed by atoms with E-state index in [0.717, 1.165) is 0 Å². The number of aromatic amines is 1. The highest BCUT2D eigenvalue weighted by molar-refractivity contribution is 6.31. The molecular formula is C18H10ClF3N2O4. The van der Waals surface area contributed by atoms with Gasteiger partial charge in [0.25, 0.3) is 0 Å². The highest BCUT2D eigenvalue weighted by atomic mass is 35.5. The Morgan fingerprint density at radius 2 is 1.93 bits per heavy atom. The average Bonchev–Trinajstić information content (AvgIpc) is 3.07. The van der Waals surface area contributed by atoms with Gasteiger partial charge in [-0.3, -0.25) is 0 Å². The first kappa shape index (κ1) is 19.4. The van der Waals surface area contributed by atoms with E-state index in [1.54, 1.807) is 4.98 Å². The Kier molecular flexibility index (Phi) is 5.10. The molecule has 0 amide bonds. The minimum atomic E-state index is -4.72. The summed E-state index contributed by atoms with van der Waals surface area (Å²) in [5, 5.41) is 9.57. The number of carboxylic acid groups (broad SMARTS) is 1. The molecular weight excluding hydrogens is 401 g/mol. The van der Waals surface area contributed by atoms with E-state index in [-0.39, 0.29) is 28.3 Å². The number of H-pyrrole nitrogens is 1. The highest BCUT2D eigenvalue weighted by Crippen LogP contribution is 2.30. The molecule has 2 N–H and O–H groups in total. The Morgan fingerprint density at radius 1 is 1.18 bits per heavy atom. The maximum atomic E-state index is 12.7. The zero-order chi connectivity index (χ0) is 20.5. The number of carboxylic acids is 1. The van der Waals surface area contributed by atoms with Crippen molar-refractivity contribution in [2.24, 2.45) is 0 Å². The van der Waals surface area contributed by atoms with Crippen LogP contribution in [0.5, 0.6) is 0 Å². The molecule has 0 bridgehead atoms. The lowest BCUT2D eigenvalue weighted by molar-refractivity contribution is -0.141. The number of hydrogen-bond donors (Lipinski definition) is 2. The van der Waals surface area contributed by atoms with E-state index in [2.05, 4.69) is 4.98 Å². The molecule has 28 heavy (non-hydrogen) atoms. The van der Waals surface area contributed by atoms with Gasteiger partial charge in [-0.25, -0.2) is 9.59 Å². The van der Waals surface area contributed by atoms with Crippen molar-refractivity contribution in [1.29, 1.82) is 0 Å². The predicted molar refractivity (Wildman–Crippen MR) is 94.9 cm³/mol. The van der Waals surface area contributed by atoms with Gasteiger partial charge in [-0.2, -0.15) is 18.2 Å². The van der Waals surface area contributed by atoms with Crippen LogP contribution in [0.2, 0.25) is 5.02 Å². The van der Waals surface area contributed by atoms with E-state index < -0.39 is 23.5 Å². The van der Waals surface area contributed by atoms with Gasteiger partial charge in [0.2, 0.25) is 0 Å². The molecule has 0 fully saturated rings. The van der Waals surface area contributed by atoms with Crippen LogP contribution in [0, 0.1) is 0 Å². The summed E-state index contributed by atoms with van der Waals surface area (Å²) in [7, 11) is 0. The molecule has 0 spiro atoms. The molecule has 10 heteroatoms. The Balaban J connectivity index is 1.93. The summed E-state index contributed by atoms with van der Waals surface area (Å²) in [5.41, 5.74) is -2.37. The van der Waals surface area contributed by atoms with Gasteiger partial charge in [-0.05, 0) is 48.6 Å². The molecule has 0 aliphatic carbocycles. The minimum Gasteiger partial charge on any atom is -0.478 e. The Hall–Kier alpha value is -3.33. The summed E-state index contributed by atoms with van der Waals surface area (Å²) < 4.78 is 43.7. The van der Waals surface area contributed by atoms with Crippen LogP contribution in [0.25, 0.3) is 23.5 Å². The van der Waals surface area contributed by atoms with Crippen LogP contribution in [0.15, 0.2) is 45.6 Å². The molecule has 0 saturated carbocycles. The Morgan fingerprint density at radius 3 is 2.61 bits per heavy atom. The van der Waals surface area contributed by atoms with E-state index in [1.165, 1.54) is 42.5 Å². The Labute approximate surface area is 159 Å². The van der Waals surface area contributed by atoms with E-state index in [1.807, 2.05) is 0 Å². The molecule has 1 aromatic carbocycles. The molecule has 144 valence electrons. The third kappa shape index (κ3) is 4.32. The molecule has 0 radical (unpaired) electrons. The molecule has 0 aliphatic rings. The van der Waals surface area contributed by atoms with Gasteiger partial charge in [0.15, 0.2) is 0 Å². The number of benzene rings is 1. The van der Waals surface area contributed by atoms with Crippen LogP contribution in [0.3, 0.4) is 0 Å². The molecule has 2 aromatic heterocycles. The smallest absolute Gasteiger partial charge is 0.431 e. The zero-order valence-electron chi connectivity index (χ0n) is 13.7. The fourth-order valence-corrected chi connectivity index (χ4v) is 2.55. The van der Waals surface area contributed by atoms with Gasteiger partial charge < -0.3 is 14.5 Å². The normalized spacial score (nSPS) is 11.9. The number of hydrogen-bond acceptors (Lipinski definition) is 4. The average molecular weight is 411 g/mol. The van der Waals surface area contributed by atoms with Gasteiger partial charge in [-0.15, -0.1) is 0 Å². The molecule has 3 aromatic rings. The fraction of sp³-hybridized carbons (Fsp3) is 0.0556. The van der Waals surface area contributed by atoms with E-state index in [4.69, 9.17) is 16.0 Å². The summed E-state index contributed by atoms with van der Waals surface area (Å²) in [4.78, 5) is 27.7. The number of aromatic nitrogens is 2. The molecule has 3 rings (SSSR count). The first-order valence-electron chi connectivity index (χ1n) is 7.63. The van der Waals surface area contributed by atoms with Crippen molar-refractivity contribution in [2.45, 2.75) is 6.18 Å². The summed E-state index contributed by atoms with van der Waals surface area (Å²) in [5.74, 6) is -0.760. The first-order chi connectivity index (χ1) is 13.1. The number of alkyl halides is 3. The van der Waals surface area contributed by atoms with Crippen molar-refractivity contribution < 1.29 is 27.5 Å². The van der Waals surface area contributed by atoms with Gasteiger partial charge in [0.05, 0.1) is 11.3 Å².